The monoisotopic (exact) mass is 262 g/mol. The summed E-state index contributed by atoms with van der Waals surface area (Å²) in [5.74, 6) is 0.274. The van der Waals surface area contributed by atoms with Crippen LogP contribution >= 0.6 is 0 Å². The molecule has 2 rings (SSSR count). The molecule has 0 aromatic heterocycles. The summed E-state index contributed by atoms with van der Waals surface area (Å²) in [5.41, 5.74) is 1.75. The van der Waals surface area contributed by atoms with Crippen molar-refractivity contribution in [2.45, 2.75) is 26.4 Å². The molecule has 4 heteroatoms. The van der Waals surface area contributed by atoms with Crippen LogP contribution in [0.25, 0.3) is 0 Å². The van der Waals surface area contributed by atoms with E-state index in [2.05, 4.69) is 5.32 Å². The van der Waals surface area contributed by atoms with E-state index in [1.807, 2.05) is 36.1 Å². The van der Waals surface area contributed by atoms with Crippen molar-refractivity contribution in [3.05, 3.63) is 29.8 Å². The summed E-state index contributed by atoms with van der Waals surface area (Å²) in [4.78, 5) is 14.1. The lowest BCUT2D eigenvalue weighted by Crippen LogP contribution is -2.30. The Morgan fingerprint density at radius 3 is 2.68 bits per heavy atom. The van der Waals surface area contributed by atoms with Crippen molar-refractivity contribution in [1.82, 2.24) is 4.90 Å². The summed E-state index contributed by atoms with van der Waals surface area (Å²) in [7, 11) is 0. The number of nitrogens with zero attached hydrogens (tertiary/aromatic N) is 1. The fraction of sp³-hybridized carbons (Fsp3) is 0.533. The second-order valence-electron chi connectivity index (χ2n) is 5.15. The Hall–Kier alpha value is -1.55. The molecule has 0 bridgehead atoms. The SMILES string of the molecule is CCNc1ccc(C(=O)N2CCC(C(C)O)C2)cc1. The van der Waals surface area contributed by atoms with E-state index in [4.69, 9.17) is 0 Å². The molecule has 0 aliphatic carbocycles. The summed E-state index contributed by atoms with van der Waals surface area (Å²) in [6.07, 6.45) is 0.549. The molecular formula is C15H22N2O2. The van der Waals surface area contributed by atoms with Gasteiger partial charge in [0.05, 0.1) is 6.10 Å². The molecule has 104 valence electrons. The van der Waals surface area contributed by atoms with Gasteiger partial charge in [-0.05, 0) is 44.5 Å². The lowest BCUT2D eigenvalue weighted by Gasteiger charge is -2.18. The van der Waals surface area contributed by atoms with Gasteiger partial charge in [0.25, 0.3) is 5.91 Å². The maximum absolute atomic E-state index is 12.3. The molecule has 4 nitrogen and oxygen atoms in total. The molecule has 1 aliphatic heterocycles. The van der Waals surface area contributed by atoms with Crippen molar-refractivity contribution < 1.29 is 9.90 Å². The highest BCUT2D eigenvalue weighted by Crippen LogP contribution is 2.22. The van der Waals surface area contributed by atoms with E-state index >= 15 is 0 Å². The number of rotatable bonds is 4. The van der Waals surface area contributed by atoms with Crippen molar-refractivity contribution in [3.8, 4) is 0 Å². The van der Waals surface area contributed by atoms with Crippen LogP contribution in [0.4, 0.5) is 5.69 Å². The van der Waals surface area contributed by atoms with Gasteiger partial charge in [-0.1, -0.05) is 0 Å². The minimum absolute atomic E-state index is 0.0613. The highest BCUT2D eigenvalue weighted by molar-refractivity contribution is 5.94. The maximum Gasteiger partial charge on any atom is 0.253 e. The minimum Gasteiger partial charge on any atom is -0.393 e. The molecule has 1 heterocycles. The van der Waals surface area contributed by atoms with E-state index in [9.17, 15) is 9.90 Å². The van der Waals surface area contributed by atoms with Crippen LogP contribution in [0.3, 0.4) is 0 Å². The molecule has 19 heavy (non-hydrogen) atoms. The second kappa shape index (κ2) is 6.06. The highest BCUT2D eigenvalue weighted by atomic mass is 16.3. The Balaban J connectivity index is 2.00. The number of aliphatic hydroxyl groups is 1. The molecule has 1 saturated heterocycles. The molecule has 1 aromatic rings. The Labute approximate surface area is 114 Å². The van der Waals surface area contributed by atoms with E-state index in [0.717, 1.165) is 25.2 Å². The molecule has 0 spiro atoms. The number of carbonyl (C=O) groups excluding carboxylic acids is 1. The van der Waals surface area contributed by atoms with Crippen molar-refractivity contribution in [2.75, 3.05) is 25.0 Å². The number of amides is 1. The first-order chi connectivity index (χ1) is 9.11. The van der Waals surface area contributed by atoms with Crippen LogP contribution in [0.5, 0.6) is 0 Å². The van der Waals surface area contributed by atoms with Gasteiger partial charge in [0.2, 0.25) is 0 Å². The number of nitrogens with one attached hydrogen (secondary N) is 1. The molecule has 0 radical (unpaired) electrons. The van der Waals surface area contributed by atoms with Crippen LogP contribution in [0.15, 0.2) is 24.3 Å². The zero-order valence-electron chi connectivity index (χ0n) is 11.6. The van der Waals surface area contributed by atoms with E-state index in [0.29, 0.717) is 12.1 Å². The van der Waals surface area contributed by atoms with Gasteiger partial charge in [0.1, 0.15) is 0 Å². The number of likely N-dealkylation sites (tertiary alicyclic amines) is 1. The molecular weight excluding hydrogens is 240 g/mol. The Kier molecular flexibility index (Phi) is 4.43. The molecule has 0 saturated carbocycles. The summed E-state index contributed by atoms with van der Waals surface area (Å²) >= 11 is 0. The van der Waals surface area contributed by atoms with Crippen molar-refractivity contribution in [2.24, 2.45) is 5.92 Å². The lowest BCUT2D eigenvalue weighted by atomic mass is 10.0. The fourth-order valence-electron chi connectivity index (χ4n) is 2.48. The van der Waals surface area contributed by atoms with Crippen LogP contribution in [0, 0.1) is 5.92 Å². The third-order valence-corrected chi connectivity index (χ3v) is 3.71. The van der Waals surface area contributed by atoms with E-state index in [1.165, 1.54) is 0 Å². The number of hydrogen-bond donors (Lipinski definition) is 2. The topological polar surface area (TPSA) is 52.6 Å². The predicted molar refractivity (Wildman–Crippen MR) is 76.3 cm³/mol. The van der Waals surface area contributed by atoms with Gasteiger partial charge >= 0.3 is 0 Å². The zero-order valence-corrected chi connectivity index (χ0v) is 11.6. The van der Waals surface area contributed by atoms with Crippen LogP contribution in [0.2, 0.25) is 0 Å². The summed E-state index contributed by atoms with van der Waals surface area (Å²) in [5, 5.41) is 12.8. The smallest absolute Gasteiger partial charge is 0.253 e. The maximum atomic E-state index is 12.3. The number of hydrogen-bond acceptors (Lipinski definition) is 3. The summed E-state index contributed by atoms with van der Waals surface area (Å²) < 4.78 is 0. The minimum atomic E-state index is -0.339. The van der Waals surface area contributed by atoms with Gasteiger partial charge in [-0.2, -0.15) is 0 Å². The van der Waals surface area contributed by atoms with E-state index in [-0.39, 0.29) is 17.9 Å². The first kappa shape index (κ1) is 13.9. The first-order valence-corrected chi connectivity index (χ1v) is 6.93. The van der Waals surface area contributed by atoms with E-state index in [1.54, 1.807) is 6.92 Å². The molecule has 2 N–H and O–H groups in total. The molecule has 1 fully saturated rings. The second-order valence-corrected chi connectivity index (χ2v) is 5.15. The number of anilines is 1. The van der Waals surface area contributed by atoms with Crippen molar-refractivity contribution >= 4 is 11.6 Å². The van der Waals surface area contributed by atoms with Crippen molar-refractivity contribution in [1.29, 1.82) is 0 Å². The van der Waals surface area contributed by atoms with Gasteiger partial charge in [-0.25, -0.2) is 0 Å². The normalized spacial score (nSPS) is 20.4. The van der Waals surface area contributed by atoms with Gasteiger partial charge < -0.3 is 15.3 Å². The third-order valence-electron chi connectivity index (χ3n) is 3.71. The Morgan fingerprint density at radius 1 is 1.47 bits per heavy atom. The van der Waals surface area contributed by atoms with Crippen LogP contribution < -0.4 is 5.32 Å². The van der Waals surface area contributed by atoms with Crippen LogP contribution in [0.1, 0.15) is 30.6 Å². The standard InChI is InChI=1S/C15H22N2O2/c1-3-16-14-6-4-12(5-7-14)15(19)17-9-8-13(10-17)11(2)18/h4-7,11,13,16,18H,3,8-10H2,1-2H3. The van der Waals surface area contributed by atoms with E-state index < -0.39 is 0 Å². The number of benzene rings is 1. The van der Waals surface area contributed by atoms with Gasteiger partial charge in [0, 0.05) is 36.8 Å². The molecule has 1 aliphatic rings. The zero-order chi connectivity index (χ0) is 13.8. The Bertz CT molecular complexity index is 428. The van der Waals surface area contributed by atoms with Gasteiger partial charge in [-0.3, -0.25) is 4.79 Å². The Morgan fingerprint density at radius 2 is 2.16 bits per heavy atom. The van der Waals surface area contributed by atoms with Gasteiger partial charge in [0.15, 0.2) is 0 Å². The quantitative estimate of drug-likeness (QED) is 0.872. The molecule has 1 aromatic carbocycles. The third kappa shape index (κ3) is 3.26. The molecule has 1 amide bonds. The number of aliphatic hydroxyl groups excluding tert-OH is 1. The van der Waals surface area contributed by atoms with Crippen molar-refractivity contribution in [3.63, 3.8) is 0 Å². The first-order valence-electron chi connectivity index (χ1n) is 6.93. The number of carbonyl (C=O) groups is 1. The molecule has 2 unspecified atom stereocenters. The van der Waals surface area contributed by atoms with Crippen LogP contribution in [-0.2, 0) is 0 Å². The van der Waals surface area contributed by atoms with Crippen LogP contribution in [-0.4, -0.2) is 41.7 Å². The largest absolute Gasteiger partial charge is 0.393 e. The molecule has 2 atom stereocenters. The summed E-state index contributed by atoms with van der Waals surface area (Å²) in [6, 6.07) is 7.57. The summed E-state index contributed by atoms with van der Waals surface area (Å²) in [6.45, 7) is 6.10. The fourth-order valence-corrected chi connectivity index (χ4v) is 2.48. The predicted octanol–water partition coefficient (Wildman–Crippen LogP) is 1.96. The average Bonchev–Trinajstić information content (AvgIpc) is 2.89. The lowest BCUT2D eigenvalue weighted by molar-refractivity contribution is 0.0762. The van der Waals surface area contributed by atoms with Gasteiger partial charge in [-0.15, -0.1) is 0 Å². The highest BCUT2D eigenvalue weighted by Gasteiger charge is 2.29. The average molecular weight is 262 g/mol.